The second kappa shape index (κ2) is 9.45. The summed E-state index contributed by atoms with van der Waals surface area (Å²) < 4.78 is 7.24. The molecule has 1 N–H and O–H groups in total. The van der Waals surface area contributed by atoms with Crippen molar-refractivity contribution in [2.75, 3.05) is 13.1 Å². The first-order valence-electron chi connectivity index (χ1n) is 9.32. The lowest BCUT2D eigenvalue weighted by Gasteiger charge is -2.26. The molecule has 0 saturated heterocycles. The van der Waals surface area contributed by atoms with Crippen molar-refractivity contribution < 1.29 is 14.3 Å². The number of pyridine rings is 1. The van der Waals surface area contributed by atoms with Crippen molar-refractivity contribution in [3.63, 3.8) is 0 Å². The van der Waals surface area contributed by atoms with E-state index in [1.54, 1.807) is 32.9 Å². The summed E-state index contributed by atoms with van der Waals surface area (Å²) in [5, 5.41) is 7.63. The number of hydrogen-bond donors (Lipinski definition) is 1. The van der Waals surface area contributed by atoms with Crippen molar-refractivity contribution >= 4 is 12.0 Å². The molecule has 0 atom stereocenters. The van der Waals surface area contributed by atoms with Gasteiger partial charge in [0, 0.05) is 38.1 Å². The van der Waals surface area contributed by atoms with Crippen LogP contribution in [0, 0.1) is 6.92 Å². The van der Waals surface area contributed by atoms with Gasteiger partial charge >= 0.3 is 6.09 Å². The largest absolute Gasteiger partial charge is 0.443 e. The fourth-order valence-corrected chi connectivity index (χ4v) is 2.65. The summed E-state index contributed by atoms with van der Waals surface area (Å²) in [5.41, 5.74) is 1.77. The van der Waals surface area contributed by atoms with Crippen molar-refractivity contribution in [3.8, 4) is 0 Å². The number of aromatic nitrogens is 3. The first-order valence-corrected chi connectivity index (χ1v) is 9.32. The molecule has 0 saturated carbocycles. The van der Waals surface area contributed by atoms with Gasteiger partial charge < -0.3 is 10.1 Å². The first-order chi connectivity index (χ1) is 13.2. The van der Waals surface area contributed by atoms with Gasteiger partial charge in [-0.3, -0.25) is 14.5 Å². The van der Waals surface area contributed by atoms with E-state index in [4.69, 9.17) is 4.74 Å². The Morgan fingerprint density at radius 2 is 1.93 bits per heavy atom. The van der Waals surface area contributed by atoms with Crippen LogP contribution in [0.5, 0.6) is 0 Å². The molecular weight excluding hydrogens is 358 g/mol. The molecule has 0 aliphatic rings. The Kier molecular flexibility index (Phi) is 7.28. The molecule has 0 unspecified atom stereocenters. The molecule has 2 heterocycles. The minimum Gasteiger partial charge on any atom is -0.443 e. The highest BCUT2D eigenvalue weighted by atomic mass is 16.6. The van der Waals surface area contributed by atoms with Crippen molar-refractivity contribution in [3.05, 3.63) is 47.5 Å². The lowest BCUT2D eigenvalue weighted by atomic mass is 10.2. The zero-order valence-electron chi connectivity index (χ0n) is 17.2. The predicted octanol–water partition coefficient (Wildman–Crippen LogP) is 2.68. The van der Waals surface area contributed by atoms with Crippen molar-refractivity contribution in [1.29, 1.82) is 0 Å². The molecule has 0 aliphatic carbocycles. The third-order valence-electron chi connectivity index (χ3n) is 3.93. The summed E-state index contributed by atoms with van der Waals surface area (Å²) in [4.78, 5) is 30.4. The molecule has 0 bridgehead atoms. The van der Waals surface area contributed by atoms with E-state index in [1.807, 2.05) is 24.7 Å². The fourth-order valence-electron chi connectivity index (χ4n) is 2.65. The molecule has 0 fully saturated rings. The summed E-state index contributed by atoms with van der Waals surface area (Å²) in [7, 11) is 1.90. The summed E-state index contributed by atoms with van der Waals surface area (Å²) in [6.07, 6.45) is 3.01. The SMILES string of the molecule is Cc1cc(CNCCCN(C(=O)OC(C)(C)C)C(=O)c2ccncc2)n(C)n1. The van der Waals surface area contributed by atoms with E-state index in [2.05, 4.69) is 15.4 Å². The van der Waals surface area contributed by atoms with Gasteiger partial charge in [0.1, 0.15) is 5.60 Å². The normalized spacial score (nSPS) is 11.3. The highest BCUT2D eigenvalue weighted by Gasteiger charge is 2.27. The lowest BCUT2D eigenvalue weighted by molar-refractivity contribution is 0.0239. The predicted molar refractivity (Wildman–Crippen MR) is 106 cm³/mol. The molecule has 0 radical (unpaired) electrons. The molecule has 0 aliphatic heterocycles. The van der Waals surface area contributed by atoms with Gasteiger partial charge in [0.25, 0.3) is 5.91 Å². The topological polar surface area (TPSA) is 89.4 Å². The van der Waals surface area contributed by atoms with E-state index in [0.717, 1.165) is 16.3 Å². The van der Waals surface area contributed by atoms with Crippen LogP contribution in [-0.2, 0) is 18.3 Å². The number of carbonyl (C=O) groups is 2. The molecule has 2 aromatic heterocycles. The van der Waals surface area contributed by atoms with Gasteiger partial charge in [-0.2, -0.15) is 5.10 Å². The van der Waals surface area contributed by atoms with Crippen molar-refractivity contribution in [2.45, 2.75) is 46.3 Å². The molecule has 2 aromatic rings. The Morgan fingerprint density at radius 1 is 1.25 bits per heavy atom. The molecule has 0 spiro atoms. The van der Waals surface area contributed by atoms with Crippen molar-refractivity contribution in [1.82, 2.24) is 25.0 Å². The van der Waals surface area contributed by atoms with E-state index in [9.17, 15) is 9.59 Å². The van der Waals surface area contributed by atoms with Gasteiger partial charge in [-0.05, 0) is 58.9 Å². The number of rotatable bonds is 7. The van der Waals surface area contributed by atoms with Gasteiger partial charge in [0.2, 0.25) is 0 Å². The lowest BCUT2D eigenvalue weighted by Crippen LogP contribution is -2.42. The fraction of sp³-hybridized carbons (Fsp3) is 0.500. The van der Waals surface area contributed by atoms with Crippen LogP contribution in [0.15, 0.2) is 30.6 Å². The molecule has 2 amide bonds. The summed E-state index contributed by atoms with van der Waals surface area (Å²) in [5.74, 6) is -0.390. The Labute approximate surface area is 165 Å². The van der Waals surface area contributed by atoms with Crippen LogP contribution >= 0.6 is 0 Å². The Morgan fingerprint density at radius 3 is 2.50 bits per heavy atom. The Hall–Kier alpha value is -2.74. The first kappa shape index (κ1) is 21.6. The second-order valence-corrected chi connectivity index (χ2v) is 7.60. The zero-order valence-corrected chi connectivity index (χ0v) is 17.2. The summed E-state index contributed by atoms with van der Waals surface area (Å²) >= 11 is 0. The van der Waals surface area contributed by atoms with Gasteiger partial charge in [-0.15, -0.1) is 0 Å². The molecule has 8 heteroatoms. The Balaban J connectivity index is 1.94. The van der Waals surface area contributed by atoms with Crippen LogP contribution in [0.1, 0.15) is 48.9 Å². The molecule has 2 rings (SSSR count). The van der Waals surface area contributed by atoms with Gasteiger partial charge in [-0.1, -0.05) is 0 Å². The van der Waals surface area contributed by atoms with Gasteiger partial charge in [0.15, 0.2) is 0 Å². The van der Waals surface area contributed by atoms with E-state index in [-0.39, 0.29) is 12.5 Å². The van der Waals surface area contributed by atoms with Crippen LogP contribution in [0.3, 0.4) is 0 Å². The number of amides is 2. The number of carbonyl (C=O) groups excluding carboxylic acids is 2. The minimum absolute atomic E-state index is 0.257. The number of hydrogen-bond acceptors (Lipinski definition) is 6. The van der Waals surface area contributed by atoms with Gasteiger partial charge in [-0.25, -0.2) is 9.69 Å². The van der Waals surface area contributed by atoms with Crippen LogP contribution in [0.25, 0.3) is 0 Å². The monoisotopic (exact) mass is 387 g/mol. The average Bonchev–Trinajstić information content (AvgIpc) is 2.94. The molecule has 8 nitrogen and oxygen atoms in total. The average molecular weight is 387 g/mol. The van der Waals surface area contributed by atoms with E-state index in [1.165, 1.54) is 12.4 Å². The standard InChI is InChI=1S/C20H29N5O3/c1-15-13-17(24(5)23-15)14-22-9-6-12-25(19(27)28-20(2,3)4)18(26)16-7-10-21-11-8-16/h7-8,10-11,13,22H,6,9,12,14H2,1-5H3. The van der Waals surface area contributed by atoms with Gasteiger partial charge in [0.05, 0.1) is 11.4 Å². The quantitative estimate of drug-likeness (QED) is 0.735. The third kappa shape index (κ3) is 6.45. The van der Waals surface area contributed by atoms with E-state index >= 15 is 0 Å². The summed E-state index contributed by atoms with van der Waals surface area (Å²) in [6, 6.07) is 5.19. The zero-order chi connectivity index (χ0) is 20.7. The maximum atomic E-state index is 12.8. The van der Waals surface area contributed by atoms with Crippen molar-refractivity contribution in [2.24, 2.45) is 7.05 Å². The van der Waals surface area contributed by atoms with Crippen LogP contribution < -0.4 is 5.32 Å². The second-order valence-electron chi connectivity index (χ2n) is 7.60. The highest BCUT2D eigenvalue weighted by molar-refractivity contribution is 6.02. The number of imide groups is 1. The van der Waals surface area contributed by atoms with Crippen LogP contribution in [-0.4, -0.2) is 50.4 Å². The maximum absolute atomic E-state index is 12.8. The Bertz CT molecular complexity index is 796. The number of ether oxygens (including phenoxy) is 1. The van der Waals surface area contributed by atoms with Crippen LogP contribution in [0.2, 0.25) is 0 Å². The number of aryl methyl sites for hydroxylation is 2. The summed E-state index contributed by atoms with van der Waals surface area (Å²) in [6.45, 7) is 8.85. The molecule has 28 heavy (non-hydrogen) atoms. The maximum Gasteiger partial charge on any atom is 0.417 e. The van der Waals surface area contributed by atoms with E-state index < -0.39 is 11.7 Å². The third-order valence-corrected chi connectivity index (χ3v) is 3.93. The molecule has 0 aromatic carbocycles. The number of nitrogens with one attached hydrogen (secondary N) is 1. The van der Waals surface area contributed by atoms with E-state index in [0.29, 0.717) is 25.1 Å². The number of nitrogens with zero attached hydrogens (tertiary/aromatic N) is 4. The molecule has 152 valence electrons. The van der Waals surface area contributed by atoms with Crippen LogP contribution in [0.4, 0.5) is 4.79 Å². The minimum atomic E-state index is -0.677. The smallest absolute Gasteiger partial charge is 0.417 e. The highest BCUT2D eigenvalue weighted by Crippen LogP contribution is 2.13. The molecular formula is C20H29N5O3.